The van der Waals surface area contributed by atoms with E-state index in [4.69, 9.17) is 0 Å². The van der Waals surface area contributed by atoms with Crippen LogP contribution >= 0.6 is 0 Å². The van der Waals surface area contributed by atoms with Crippen LogP contribution in [-0.2, 0) is 17.8 Å². The maximum absolute atomic E-state index is 12.0. The molecule has 2 N–H and O–H groups in total. The molecule has 1 atom stereocenters. The zero-order valence-electron chi connectivity index (χ0n) is 14.2. The lowest BCUT2D eigenvalue weighted by Crippen LogP contribution is -2.42. The number of likely N-dealkylation sites (tertiary alicyclic amines) is 1. The van der Waals surface area contributed by atoms with Gasteiger partial charge in [0, 0.05) is 44.6 Å². The van der Waals surface area contributed by atoms with Crippen molar-refractivity contribution in [1.82, 2.24) is 30.0 Å². The third-order valence-electron chi connectivity index (χ3n) is 4.48. The van der Waals surface area contributed by atoms with E-state index in [2.05, 4.69) is 25.3 Å². The fourth-order valence-electron chi connectivity index (χ4n) is 3.23. The third-order valence-corrected chi connectivity index (χ3v) is 4.48. The second-order valence-corrected chi connectivity index (χ2v) is 6.61. The molecule has 1 fully saturated rings. The summed E-state index contributed by atoms with van der Waals surface area (Å²) in [5.41, 5.74) is 1.07. The number of carbonyl (C=O) groups is 1. The van der Waals surface area contributed by atoms with E-state index in [1.54, 1.807) is 17.1 Å². The van der Waals surface area contributed by atoms with E-state index in [0.717, 1.165) is 44.0 Å². The molecule has 0 radical (unpaired) electrons. The number of rotatable bonds is 7. The predicted octanol–water partition coefficient (Wildman–Crippen LogP) is 0.986. The summed E-state index contributed by atoms with van der Waals surface area (Å²) in [4.78, 5) is 21.9. The molecule has 3 heterocycles. The average molecular weight is 330 g/mol. The predicted molar refractivity (Wildman–Crippen MR) is 91.4 cm³/mol. The van der Waals surface area contributed by atoms with E-state index in [1.165, 1.54) is 12.8 Å². The van der Waals surface area contributed by atoms with Gasteiger partial charge in [-0.2, -0.15) is 5.10 Å². The highest BCUT2D eigenvalue weighted by molar-refractivity contribution is 5.75. The number of nitrogens with zero attached hydrogens (tertiary/aromatic N) is 4. The number of aromatic nitrogens is 4. The lowest BCUT2D eigenvalue weighted by atomic mass is 9.98. The largest absolute Gasteiger partial charge is 0.354 e. The molecule has 1 unspecified atom stereocenters. The molecule has 0 bridgehead atoms. The van der Waals surface area contributed by atoms with Gasteiger partial charge < -0.3 is 15.2 Å². The Kier molecular flexibility index (Phi) is 5.63. The molecule has 0 aliphatic carbocycles. The van der Waals surface area contributed by atoms with Gasteiger partial charge in [0.1, 0.15) is 12.4 Å². The van der Waals surface area contributed by atoms with Crippen LogP contribution in [0, 0.1) is 12.8 Å². The van der Waals surface area contributed by atoms with E-state index in [-0.39, 0.29) is 5.91 Å². The highest BCUT2D eigenvalue weighted by Gasteiger charge is 2.20. The van der Waals surface area contributed by atoms with E-state index in [1.807, 2.05) is 19.3 Å². The fraction of sp³-hybridized carbons (Fsp3) is 0.588. The Hall–Kier alpha value is -2.15. The Morgan fingerprint density at radius 1 is 1.50 bits per heavy atom. The van der Waals surface area contributed by atoms with Gasteiger partial charge in [0.15, 0.2) is 0 Å². The number of aromatic amines is 1. The highest BCUT2D eigenvalue weighted by Crippen LogP contribution is 2.16. The standard InChI is InChI=1S/C17H26N6O/c1-14-9-21-23(11-14)13-17(24)20-10-15-3-2-7-22(12-15)8-4-16-18-5-6-19-16/h5-6,9,11,15H,2-4,7-8,10,12-13H2,1H3,(H,18,19)(H,20,24). The first kappa shape index (κ1) is 16.7. The Labute approximate surface area is 142 Å². The molecule has 1 saturated heterocycles. The van der Waals surface area contributed by atoms with Crippen LogP contribution in [0.3, 0.4) is 0 Å². The van der Waals surface area contributed by atoms with E-state index >= 15 is 0 Å². The lowest BCUT2D eigenvalue weighted by Gasteiger charge is -2.32. The number of hydrogen-bond acceptors (Lipinski definition) is 4. The molecule has 24 heavy (non-hydrogen) atoms. The van der Waals surface area contributed by atoms with E-state index < -0.39 is 0 Å². The number of H-pyrrole nitrogens is 1. The molecule has 7 nitrogen and oxygen atoms in total. The summed E-state index contributed by atoms with van der Waals surface area (Å²) in [7, 11) is 0. The van der Waals surface area contributed by atoms with Crippen molar-refractivity contribution in [2.24, 2.45) is 5.92 Å². The Morgan fingerprint density at radius 3 is 3.17 bits per heavy atom. The molecule has 1 amide bonds. The second kappa shape index (κ2) is 8.10. The number of hydrogen-bond donors (Lipinski definition) is 2. The van der Waals surface area contributed by atoms with Crippen molar-refractivity contribution in [3.8, 4) is 0 Å². The van der Waals surface area contributed by atoms with Crippen LogP contribution in [0.5, 0.6) is 0 Å². The van der Waals surface area contributed by atoms with Crippen LogP contribution in [-0.4, -0.2) is 56.7 Å². The maximum atomic E-state index is 12.0. The van der Waals surface area contributed by atoms with Gasteiger partial charge in [-0.3, -0.25) is 9.48 Å². The van der Waals surface area contributed by atoms with Crippen molar-refractivity contribution in [2.45, 2.75) is 32.7 Å². The summed E-state index contributed by atoms with van der Waals surface area (Å²) in [6, 6.07) is 0. The summed E-state index contributed by atoms with van der Waals surface area (Å²) in [5.74, 6) is 1.60. The van der Waals surface area contributed by atoms with Gasteiger partial charge in [-0.1, -0.05) is 0 Å². The molecule has 0 aromatic carbocycles. The van der Waals surface area contributed by atoms with Crippen LogP contribution in [0.2, 0.25) is 0 Å². The topological polar surface area (TPSA) is 78.8 Å². The van der Waals surface area contributed by atoms with E-state index in [0.29, 0.717) is 12.5 Å². The normalized spacial score (nSPS) is 18.6. The zero-order valence-corrected chi connectivity index (χ0v) is 14.2. The third kappa shape index (κ3) is 4.92. The quantitative estimate of drug-likeness (QED) is 0.793. The van der Waals surface area contributed by atoms with Crippen LogP contribution < -0.4 is 5.32 Å². The van der Waals surface area contributed by atoms with Gasteiger partial charge >= 0.3 is 0 Å². The molecular weight excluding hydrogens is 304 g/mol. The lowest BCUT2D eigenvalue weighted by molar-refractivity contribution is -0.122. The minimum absolute atomic E-state index is 0.0332. The first-order valence-electron chi connectivity index (χ1n) is 8.65. The maximum Gasteiger partial charge on any atom is 0.241 e. The molecule has 7 heteroatoms. The zero-order chi connectivity index (χ0) is 16.8. The van der Waals surface area contributed by atoms with Crippen LogP contribution in [0.4, 0.5) is 0 Å². The van der Waals surface area contributed by atoms with Gasteiger partial charge in [-0.25, -0.2) is 4.98 Å². The molecular formula is C17H26N6O. The highest BCUT2D eigenvalue weighted by atomic mass is 16.2. The van der Waals surface area contributed by atoms with Crippen LogP contribution in [0.15, 0.2) is 24.8 Å². The molecule has 1 aliphatic heterocycles. The van der Waals surface area contributed by atoms with Crippen molar-refractivity contribution >= 4 is 5.91 Å². The molecule has 0 saturated carbocycles. The summed E-state index contributed by atoms with van der Waals surface area (Å²) in [5, 5.41) is 7.21. The van der Waals surface area contributed by atoms with Gasteiger partial charge in [0.05, 0.1) is 6.20 Å². The monoisotopic (exact) mass is 330 g/mol. The minimum Gasteiger partial charge on any atom is -0.354 e. The van der Waals surface area contributed by atoms with Gasteiger partial charge in [0.2, 0.25) is 5.91 Å². The Bertz CT molecular complexity index is 635. The fourth-order valence-corrected chi connectivity index (χ4v) is 3.23. The number of amides is 1. The van der Waals surface area contributed by atoms with E-state index in [9.17, 15) is 4.79 Å². The van der Waals surface area contributed by atoms with Crippen molar-refractivity contribution < 1.29 is 4.79 Å². The van der Waals surface area contributed by atoms with Crippen LogP contribution in [0.1, 0.15) is 24.2 Å². The number of aryl methyl sites for hydroxylation is 1. The summed E-state index contributed by atoms with van der Waals surface area (Å²) in [6.07, 6.45) is 10.6. The summed E-state index contributed by atoms with van der Waals surface area (Å²) < 4.78 is 1.68. The number of carbonyl (C=O) groups excluding carboxylic acids is 1. The van der Waals surface area contributed by atoms with Gasteiger partial charge in [-0.15, -0.1) is 0 Å². The van der Waals surface area contributed by atoms with Crippen molar-refractivity contribution in [2.75, 3.05) is 26.2 Å². The SMILES string of the molecule is Cc1cnn(CC(=O)NCC2CCCN(CCc3ncc[nH]3)C2)c1. The first-order valence-corrected chi connectivity index (χ1v) is 8.65. The molecule has 0 spiro atoms. The molecule has 2 aromatic rings. The summed E-state index contributed by atoms with van der Waals surface area (Å²) in [6.45, 7) is 6.21. The van der Waals surface area contributed by atoms with Gasteiger partial charge in [-0.05, 0) is 37.8 Å². The summed E-state index contributed by atoms with van der Waals surface area (Å²) >= 11 is 0. The average Bonchev–Trinajstić information content (AvgIpc) is 3.23. The Balaban J connectivity index is 1.37. The molecule has 130 valence electrons. The minimum atomic E-state index is 0.0332. The van der Waals surface area contributed by atoms with Crippen LogP contribution in [0.25, 0.3) is 0 Å². The number of imidazole rings is 1. The second-order valence-electron chi connectivity index (χ2n) is 6.61. The molecule has 1 aliphatic rings. The van der Waals surface area contributed by atoms with Crippen molar-refractivity contribution in [3.05, 3.63) is 36.2 Å². The smallest absolute Gasteiger partial charge is 0.241 e. The van der Waals surface area contributed by atoms with Crippen molar-refractivity contribution in [1.29, 1.82) is 0 Å². The molecule has 2 aromatic heterocycles. The Morgan fingerprint density at radius 2 is 2.42 bits per heavy atom. The number of piperidine rings is 1. The van der Waals surface area contributed by atoms with Crippen molar-refractivity contribution in [3.63, 3.8) is 0 Å². The number of nitrogens with one attached hydrogen (secondary N) is 2. The van der Waals surface area contributed by atoms with Gasteiger partial charge in [0.25, 0.3) is 0 Å². The molecule has 3 rings (SSSR count). The first-order chi connectivity index (χ1) is 11.7.